The van der Waals surface area contributed by atoms with E-state index in [2.05, 4.69) is 34.3 Å². The molecule has 1 aliphatic heterocycles. The van der Waals surface area contributed by atoms with Crippen LogP contribution < -0.4 is 0 Å². The number of benzene rings is 1. The molecule has 0 spiro atoms. The molecule has 0 unspecified atom stereocenters. The summed E-state index contributed by atoms with van der Waals surface area (Å²) < 4.78 is 1.65. The summed E-state index contributed by atoms with van der Waals surface area (Å²) in [5, 5.41) is 4.78. The van der Waals surface area contributed by atoms with E-state index in [0.29, 0.717) is 23.8 Å². The van der Waals surface area contributed by atoms with E-state index >= 15 is 0 Å². The first-order valence-corrected chi connectivity index (χ1v) is 8.78. The summed E-state index contributed by atoms with van der Waals surface area (Å²) in [4.78, 5) is 17.0. The van der Waals surface area contributed by atoms with Gasteiger partial charge in [0.1, 0.15) is 0 Å². The van der Waals surface area contributed by atoms with Gasteiger partial charge < -0.3 is 4.90 Å². The quantitative estimate of drug-likeness (QED) is 0.726. The highest BCUT2D eigenvalue weighted by molar-refractivity contribution is 6.36. The lowest BCUT2D eigenvalue weighted by atomic mass is 10.2. The van der Waals surface area contributed by atoms with Gasteiger partial charge in [-0.1, -0.05) is 48.0 Å². The Labute approximate surface area is 151 Å². The van der Waals surface area contributed by atoms with Crippen LogP contribution >= 0.6 is 11.6 Å². The standard InChI is InChI=1S/C19H19ClN4O/c20-17-16-8-4-5-9-24(16)21-18(17)19(25)23-12-10-22(11-13-23)14-15-6-2-1-3-7-15/h1-9H,10-14H2. The van der Waals surface area contributed by atoms with E-state index in [1.54, 1.807) is 10.7 Å². The maximum Gasteiger partial charge on any atom is 0.276 e. The molecule has 1 saturated heterocycles. The fourth-order valence-corrected chi connectivity index (χ4v) is 3.47. The maximum atomic E-state index is 12.8. The highest BCUT2D eigenvalue weighted by atomic mass is 35.5. The molecule has 4 rings (SSSR count). The summed E-state index contributed by atoms with van der Waals surface area (Å²) >= 11 is 6.37. The fourth-order valence-electron chi connectivity index (χ4n) is 3.21. The molecule has 0 atom stereocenters. The van der Waals surface area contributed by atoms with Gasteiger partial charge >= 0.3 is 0 Å². The second-order valence-electron chi connectivity index (χ2n) is 6.25. The molecule has 0 aliphatic carbocycles. The lowest BCUT2D eigenvalue weighted by Gasteiger charge is -2.34. The topological polar surface area (TPSA) is 40.9 Å². The molecular weight excluding hydrogens is 336 g/mol. The van der Waals surface area contributed by atoms with Gasteiger partial charge in [0.2, 0.25) is 0 Å². The molecule has 1 aliphatic rings. The lowest BCUT2D eigenvalue weighted by molar-refractivity contribution is 0.0622. The number of hydrogen-bond donors (Lipinski definition) is 0. The highest BCUT2D eigenvalue weighted by Gasteiger charge is 2.26. The lowest BCUT2D eigenvalue weighted by Crippen LogP contribution is -2.48. The summed E-state index contributed by atoms with van der Waals surface area (Å²) in [6, 6.07) is 16.0. The van der Waals surface area contributed by atoms with Crippen molar-refractivity contribution in [1.82, 2.24) is 19.4 Å². The number of fused-ring (bicyclic) bond motifs is 1. The van der Waals surface area contributed by atoms with Gasteiger partial charge in [-0.2, -0.15) is 5.10 Å². The largest absolute Gasteiger partial charge is 0.335 e. The molecule has 25 heavy (non-hydrogen) atoms. The summed E-state index contributed by atoms with van der Waals surface area (Å²) in [5.41, 5.74) is 2.39. The first-order chi connectivity index (χ1) is 12.2. The van der Waals surface area contributed by atoms with Crippen LogP contribution in [0.1, 0.15) is 16.1 Å². The van der Waals surface area contributed by atoms with E-state index in [0.717, 1.165) is 25.2 Å². The minimum absolute atomic E-state index is 0.0898. The van der Waals surface area contributed by atoms with Gasteiger partial charge in [0.25, 0.3) is 5.91 Å². The van der Waals surface area contributed by atoms with Gasteiger partial charge in [-0.25, -0.2) is 4.52 Å². The Morgan fingerprint density at radius 2 is 1.72 bits per heavy atom. The van der Waals surface area contributed by atoms with Crippen molar-refractivity contribution in [2.24, 2.45) is 0 Å². The van der Waals surface area contributed by atoms with Gasteiger partial charge in [-0.15, -0.1) is 0 Å². The molecule has 0 saturated carbocycles. The minimum Gasteiger partial charge on any atom is -0.335 e. The number of carbonyl (C=O) groups is 1. The highest BCUT2D eigenvalue weighted by Crippen LogP contribution is 2.23. The molecule has 3 aromatic rings. The third-order valence-corrected chi connectivity index (χ3v) is 4.96. The van der Waals surface area contributed by atoms with Crippen molar-refractivity contribution in [2.75, 3.05) is 26.2 Å². The number of piperazine rings is 1. The van der Waals surface area contributed by atoms with Gasteiger partial charge in [0.15, 0.2) is 5.69 Å². The van der Waals surface area contributed by atoms with Crippen LogP contribution in [0, 0.1) is 0 Å². The molecule has 5 nitrogen and oxygen atoms in total. The first kappa shape index (κ1) is 16.1. The zero-order valence-corrected chi connectivity index (χ0v) is 14.6. The molecule has 1 aromatic carbocycles. The van der Waals surface area contributed by atoms with E-state index in [4.69, 9.17) is 11.6 Å². The van der Waals surface area contributed by atoms with Crippen molar-refractivity contribution in [3.8, 4) is 0 Å². The Kier molecular flexibility index (Phi) is 4.42. The number of halogens is 1. The van der Waals surface area contributed by atoms with E-state index in [1.165, 1.54) is 5.56 Å². The Hall–Kier alpha value is -2.37. The number of hydrogen-bond acceptors (Lipinski definition) is 3. The number of nitrogens with zero attached hydrogens (tertiary/aromatic N) is 4. The zero-order chi connectivity index (χ0) is 17.2. The first-order valence-electron chi connectivity index (χ1n) is 8.41. The summed E-state index contributed by atoms with van der Waals surface area (Å²) in [6.07, 6.45) is 1.80. The number of amides is 1. The van der Waals surface area contributed by atoms with Crippen LogP contribution in [-0.2, 0) is 6.54 Å². The molecule has 0 bridgehead atoms. The van der Waals surface area contributed by atoms with Crippen LogP contribution in [0.3, 0.4) is 0 Å². The molecule has 3 heterocycles. The van der Waals surface area contributed by atoms with Gasteiger partial charge in [-0.3, -0.25) is 9.69 Å². The molecule has 2 aromatic heterocycles. The van der Waals surface area contributed by atoms with Gasteiger partial charge in [0.05, 0.1) is 10.5 Å². The van der Waals surface area contributed by atoms with E-state index in [9.17, 15) is 4.79 Å². The average molecular weight is 355 g/mol. The van der Waals surface area contributed by atoms with Gasteiger partial charge in [-0.05, 0) is 17.7 Å². The third-order valence-electron chi connectivity index (χ3n) is 4.59. The van der Waals surface area contributed by atoms with Crippen molar-refractivity contribution < 1.29 is 4.79 Å². The summed E-state index contributed by atoms with van der Waals surface area (Å²) in [7, 11) is 0. The Bertz CT molecular complexity index is 885. The maximum absolute atomic E-state index is 12.8. The van der Waals surface area contributed by atoms with Crippen LogP contribution in [0.4, 0.5) is 0 Å². The Balaban J connectivity index is 1.43. The predicted molar refractivity (Wildman–Crippen MR) is 97.8 cm³/mol. The number of pyridine rings is 1. The van der Waals surface area contributed by atoms with Crippen molar-refractivity contribution in [3.63, 3.8) is 0 Å². The number of aromatic nitrogens is 2. The molecular formula is C19H19ClN4O. The monoisotopic (exact) mass is 354 g/mol. The SMILES string of the molecule is O=C(c1nn2ccccc2c1Cl)N1CCN(Cc2ccccc2)CC1. The number of carbonyl (C=O) groups excluding carboxylic acids is 1. The fraction of sp³-hybridized carbons (Fsp3) is 0.263. The minimum atomic E-state index is -0.0898. The van der Waals surface area contributed by atoms with Crippen LogP contribution in [-0.4, -0.2) is 51.5 Å². The van der Waals surface area contributed by atoms with Crippen molar-refractivity contribution in [3.05, 3.63) is 71.0 Å². The Morgan fingerprint density at radius 3 is 2.44 bits per heavy atom. The second-order valence-corrected chi connectivity index (χ2v) is 6.62. The average Bonchev–Trinajstić information content (AvgIpc) is 3.00. The van der Waals surface area contributed by atoms with Crippen LogP contribution in [0.5, 0.6) is 0 Å². The molecule has 1 fully saturated rings. The normalized spacial score (nSPS) is 15.6. The van der Waals surface area contributed by atoms with Crippen molar-refractivity contribution in [2.45, 2.75) is 6.54 Å². The number of rotatable bonds is 3. The molecule has 1 amide bonds. The Morgan fingerprint density at radius 1 is 1.00 bits per heavy atom. The third kappa shape index (κ3) is 3.25. The predicted octanol–water partition coefficient (Wildman–Crippen LogP) is 2.95. The van der Waals surface area contributed by atoms with E-state index in [-0.39, 0.29) is 5.91 Å². The van der Waals surface area contributed by atoms with Crippen LogP contribution in [0.25, 0.3) is 5.52 Å². The van der Waals surface area contributed by atoms with E-state index < -0.39 is 0 Å². The smallest absolute Gasteiger partial charge is 0.276 e. The van der Waals surface area contributed by atoms with Crippen LogP contribution in [0.2, 0.25) is 5.02 Å². The van der Waals surface area contributed by atoms with Crippen LogP contribution in [0.15, 0.2) is 54.7 Å². The molecule has 6 heteroatoms. The van der Waals surface area contributed by atoms with Crippen molar-refractivity contribution >= 4 is 23.0 Å². The summed E-state index contributed by atoms with van der Waals surface area (Å²) in [6.45, 7) is 4.00. The van der Waals surface area contributed by atoms with E-state index in [1.807, 2.05) is 29.2 Å². The molecule has 0 N–H and O–H groups in total. The second kappa shape index (κ2) is 6.86. The van der Waals surface area contributed by atoms with Gasteiger partial charge in [0, 0.05) is 38.9 Å². The molecule has 128 valence electrons. The van der Waals surface area contributed by atoms with Crippen molar-refractivity contribution in [1.29, 1.82) is 0 Å². The summed E-state index contributed by atoms with van der Waals surface area (Å²) in [5.74, 6) is -0.0898. The zero-order valence-electron chi connectivity index (χ0n) is 13.8. The molecule has 0 radical (unpaired) electrons.